The molecule has 0 saturated carbocycles. The van der Waals surface area contributed by atoms with Crippen molar-refractivity contribution in [2.45, 2.75) is 13.5 Å². The fraction of sp³-hybridized carbons (Fsp3) is 0.211. The van der Waals surface area contributed by atoms with E-state index >= 15 is 0 Å². The van der Waals surface area contributed by atoms with E-state index in [2.05, 4.69) is 10.3 Å². The van der Waals surface area contributed by atoms with Gasteiger partial charge in [-0.3, -0.25) is 4.79 Å². The van der Waals surface area contributed by atoms with Crippen molar-refractivity contribution in [3.05, 3.63) is 63.4 Å². The summed E-state index contributed by atoms with van der Waals surface area (Å²) in [5.74, 6) is 1.44. The maximum atomic E-state index is 12.3. The van der Waals surface area contributed by atoms with Crippen molar-refractivity contribution in [2.75, 3.05) is 19.0 Å². The van der Waals surface area contributed by atoms with E-state index in [4.69, 9.17) is 21.1 Å². The highest BCUT2D eigenvalue weighted by Gasteiger charge is 2.07. The molecule has 0 amide bonds. The number of hydrogen-bond donors (Lipinski definition) is 2. The summed E-state index contributed by atoms with van der Waals surface area (Å²) in [5.41, 5.74) is 1.99. The van der Waals surface area contributed by atoms with Crippen LogP contribution in [0.25, 0.3) is 10.9 Å². The predicted molar refractivity (Wildman–Crippen MR) is 101 cm³/mol. The third-order valence-corrected chi connectivity index (χ3v) is 4.07. The number of rotatable bonds is 6. The molecule has 2 aromatic carbocycles. The van der Waals surface area contributed by atoms with Crippen molar-refractivity contribution in [1.29, 1.82) is 0 Å². The summed E-state index contributed by atoms with van der Waals surface area (Å²) in [4.78, 5) is 15.2. The zero-order valence-electron chi connectivity index (χ0n) is 14.1. The Morgan fingerprint density at radius 3 is 2.76 bits per heavy atom. The molecular formula is C19H19ClN2O3. The lowest BCUT2D eigenvalue weighted by atomic mass is 10.1. The minimum atomic E-state index is -0.134. The standard InChI is InChI=1S/C19H19ClN2O3/c1-3-25-15-5-6-16-12(9-15)8-13(19(23)22-16)11-21-17-10-14(20)4-7-18(17)24-2/h4-10,21H,3,11H2,1-2H3,(H,22,23). The Bertz CT molecular complexity index is 953. The first-order chi connectivity index (χ1) is 12.1. The van der Waals surface area contributed by atoms with Gasteiger partial charge in [0.25, 0.3) is 5.56 Å². The van der Waals surface area contributed by atoms with Crippen LogP contribution in [0.4, 0.5) is 5.69 Å². The number of pyridine rings is 1. The number of anilines is 1. The van der Waals surface area contributed by atoms with Crippen molar-refractivity contribution in [3.8, 4) is 11.5 Å². The van der Waals surface area contributed by atoms with E-state index in [0.717, 1.165) is 22.3 Å². The molecule has 1 aromatic heterocycles. The van der Waals surface area contributed by atoms with Crippen LogP contribution in [0.3, 0.4) is 0 Å². The average Bonchev–Trinajstić information content (AvgIpc) is 2.60. The highest BCUT2D eigenvalue weighted by atomic mass is 35.5. The summed E-state index contributed by atoms with van der Waals surface area (Å²) in [5, 5.41) is 4.72. The summed E-state index contributed by atoms with van der Waals surface area (Å²) >= 11 is 6.03. The van der Waals surface area contributed by atoms with Gasteiger partial charge in [-0.1, -0.05) is 11.6 Å². The van der Waals surface area contributed by atoms with Crippen LogP contribution in [-0.4, -0.2) is 18.7 Å². The number of ether oxygens (including phenoxy) is 2. The smallest absolute Gasteiger partial charge is 0.253 e. The predicted octanol–water partition coefficient (Wildman–Crippen LogP) is 4.20. The molecule has 0 radical (unpaired) electrons. The summed E-state index contributed by atoms with van der Waals surface area (Å²) in [6, 6.07) is 12.8. The highest BCUT2D eigenvalue weighted by molar-refractivity contribution is 6.30. The van der Waals surface area contributed by atoms with Gasteiger partial charge in [0.2, 0.25) is 0 Å². The Kier molecular flexibility index (Phi) is 5.14. The van der Waals surface area contributed by atoms with E-state index in [9.17, 15) is 4.79 Å². The second-order valence-corrected chi connectivity index (χ2v) is 5.94. The van der Waals surface area contributed by atoms with E-state index in [-0.39, 0.29) is 5.56 Å². The third kappa shape index (κ3) is 3.88. The second kappa shape index (κ2) is 7.49. The minimum Gasteiger partial charge on any atom is -0.495 e. The SMILES string of the molecule is CCOc1ccc2[nH]c(=O)c(CNc3cc(Cl)ccc3OC)cc2c1. The summed E-state index contributed by atoms with van der Waals surface area (Å²) in [6.45, 7) is 2.88. The number of fused-ring (bicyclic) bond motifs is 1. The summed E-state index contributed by atoms with van der Waals surface area (Å²) in [6.07, 6.45) is 0. The quantitative estimate of drug-likeness (QED) is 0.693. The molecular weight excluding hydrogens is 340 g/mol. The van der Waals surface area contributed by atoms with E-state index in [1.165, 1.54) is 0 Å². The monoisotopic (exact) mass is 358 g/mol. The number of H-pyrrole nitrogens is 1. The highest BCUT2D eigenvalue weighted by Crippen LogP contribution is 2.28. The molecule has 0 saturated heterocycles. The van der Waals surface area contributed by atoms with Crippen LogP contribution in [0, 0.1) is 0 Å². The molecule has 130 valence electrons. The second-order valence-electron chi connectivity index (χ2n) is 5.50. The largest absolute Gasteiger partial charge is 0.495 e. The van der Waals surface area contributed by atoms with Crippen LogP contribution in [-0.2, 0) is 6.54 Å². The molecule has 0 atom stereocenters. The number of aromatic amines is 1. The molecule has 25 heavy (non-hydrogen) atoms. The molecule has 0 unspecified atom stereocenters. The van der Waals surface area contributed by atoms with Crippen LogP contribution < -0.4 is 20.3 Å². The van der Waals surface area contributed by atoms with Gasteiger partial charge in [0.05, 0.1) is 19.4 Å². The molecule has 6 heteroatoms. The minimum absolute atomic E-state index is 0.134. The van der Waals surface area contributed by atoms with Gasteiger partial charge in [-0.15, -0.1) is 0 Å². The van der Waals surface area contributed by atoms with E-state index in [1.807, 2.05) is 31.2 Å². The van der Waals surface area contributed by atoms with Crippen molar-refractivity contribution in [3.63, 3.8) is 0 Å². The Hall–Kier alpha value is -2.66. The van der Waals surface area contributed by atoms with E-state index in [1.54, 1.807) is 25.3 Å². The lowest BCUT2D eigenvalue weighted by molar-refractivity contribution is 0.340. The number of nitrogens with one attached hydrogen (secondary N) is 2. The molecule has 2 N–H and O–H groups in total. The van der Waals surface area contributed by atoms with Gasteiger partial charge in [-0.2, -0.15) is 0 Å². The molecule has 3 aromatic rings. The molecule has 0 fully saturated rings. The zero-order chi connectivity index (χ0) is 17.8. The van der Waals surface area contributed by atoms with Crippen molar-refractivity contribution in [2.24, 2.45) is 0 Å². The van der Waals surface area contributed by atoms with Gasteiger partial charge < -0.3 is 19.8 Å². The number of hydrogen-bond acceptors (Lipinski definition) is 4. The molecule has 5 nitrogen and oxygen atoms in total. The third-order valence-electron chi connectivity index (χ3n) is 3.83. The number of aromatic nitrogens is 1. The van der Waals surface area contributed by atoms with Gasteiger partial charge >= 0.3 is 0 Å². The van der Waals surface area contributed by atoms with E-state index < -0.39 is 0 Å². The van der Waals surface area contributed by atoms with Gasteiger partial charge in [0.1, 0.15) is 11.5 Å². The van der Waals surface area contributed by atoms with Crippen molar-refractivity contribution in [1.82, 2.24) is 4.98 Å². The lowest BCUT2D eigenvalue weighted by Gasteiger charge is -2.12. The van der Waals surface area contributed by atoms with Crippen LogP contribution in [0.1, 0.15) is 12.5 Å². The molecule has 0 spiro atoms. The van der Waals surface area contributed by atoms with Crippen molar-refractivity contribution >= 4 is 28.2 Å². The summed E-state index contributed by atoms with van der Waals surface area (Å²) in [7, 11) is 1.59. The molecule has 0 bridgehead atoms. The molecule has 1 heterocycles. The fourth-order valence-electron chi connectivity index (χ4n) is 2.63. The zero-order valence-corrected chi connectivity index (χ0v) is 14.8. The summed E-state index contributed by atoms with van der Waals surface area (Å²) < 4.78 is 10.8. The Morgan fingerprint density at radius 1 is 1.16 bits per heavy atom. The normalized spacial score (nSPS) is 10.7. The fourth-order valence-corrected chi connectivity index (χ4v) is 2.80. The van der Waals surface area contributed by atoms with Crippen LogP contribution in [0.2, 0.25) is 5.02 Å². The Morgan fingerprint density at radius 2 is 2.00 bits per heavy atom. The molecule has 0 aliphatic carbocycles. The first kappa shape index (κ1) is 17.2. The molecule has 0 aliphatic rings. The number of halogens is 1. The van der Waals surface area contributed by atoms with Crippen LogP contribution in [0.15, 0.2) is 47.3 Å². The van der Waals surface area contributed by atoms with Crippen LogP contribution >= 0.6 is 11.6 Å². The van der Waals surface area contributed by atoms with Gasteiger partial charge in [-0.05, 0) is 49.4 Å². The van der Waals surface area contributed by atoms with Gasteiger partial charge in [0.15, 0.2) is 0 Å². The van der Waals surface area contributed by atoms with Crippen molar-refractivity contribution < 1.29 is 9.47 Å². The maximum absolute atomic E-state index is 12.3. The topological polar surface area (TPSA) is 63.4 Å². The Balaban J connectivity index is 1.89. The van der Waals surface area contributed by atoms with E-state index in [0.29, 0.717) is 29.5 Å². The average molecular weight is 359 g/mol. The molecule has 3 rings (SSSR count). The number of methoxy groups -OCH3 is 1. The first-order valence-corrected chi connectivity index (χ1v) is 8.34. The van der Waals surface area contributed by atoms with Gasteiger partial charge in [-0.25, -0.2) is 0 Å². The first-order valence-electron chi connectivity index (χ1n) is 7.97. The van der Waals surface area contributed by atoms with Gasteiger partial charge in [0, 0.05) is 28.0 Å². The maximum Gasteiger partial charge on any atom is 0.253 e. The molecule has 0 aliphatic heterocycles. The Labute approximate surface area is 150 Å². The lowest BCUT2D eigenvalue weighted by Crippen LogP contribution is -2.15. The number of benzene rings is 2. The van der Waals surface area contributed by atoms with Crippen LogP contribution in [0.5, 0.6) is 11.5 Å².